The average Bonchev–Trinajstić information content (AvgIpc) is 3.48. The summed E-state index contributed by atoms with van der Waals surface area (Å²) in [6.07, 6.45) is 8.12. The van der Waals surface area contributed by atoms with Crippen molar-refractivity contribution in [3.63, 3.8) is 0 Å². The molecule has 6 nitrogen and oxygen atoms in total. The molecule has 0 radical (unpaired) electrons. The van der Waals surface area contributed by atoms with Crippen molar-refractivity contribution in [1.29, 1.82) is 0 Å². The molecule has 3 heterocycles. The van der Waals surface area contributed by atoms with Crippen LogP contribution in [0.4, 0.5) is 5.00 Å². The number of carbonyl (C=O) groups excluding carboxylic acids is 2. The summed E-state index contributed by atoms with van der Waals surface area (Å²) in [5.41, 5.74) is 5.33. The highest BCUT2D eigenvalue weighted by molar-refractivity contribution is 7.17. The summed E-state index contributed by atoms with van der Waals surface area (Å²) in [6.45, 7) is 2.41. The number of hydrogen-bond acceptors (Lipinski definition) is 5. The molecule has 4 aromatic rings. The molecule has 2 amide bonds. The number of rotatable bonds is 6. The summed E-state index contributed by atoms with van der Waals surface area (Å²) in [4.78, 5) is 31.3. The van der Waals surface area contributed by atoms with Crippen LogP contribution in [0.3, 0.4) is 0 Å². The minimum atomic E-state index is -0.159. The first kappa shape index (κ1) is 20.5. The van der Waals surface area contributed by atoms with E-state index in [-0.39, 0.29) is 18.2 Å². The zero-order chi connectivity index (χ0) is 22.1. The zero-order valence-corrected chi connectivity index (χ0v) is 18.6. The van der Waals surface area contributed by atoms with E-state index in [4.69, 9.17) is 4.42 Å². The molecule has 0 unspecified atom stereocenters. The molecule has 0 spiro atoms. The third-order valence-corrected chi connectivity index (χ3v) is 6.94. The Morgan fingerprint density at radius 2 is 2.12 bits per heavy atom. The number of carbonyl (C=O) groups is 2. The van der Waals surface area contributed by atoms with Gasteiger partial charge in [-0.2, -0.15) is 0 Å². The summed E-state index contributed by atoms with van der Waals surface area (Å²) in [7, 11) is 0. The molecule has 0 bridgehead atoms. The van der Waals surface area contributed by atoms with Gasteiger partial charge in [-0.25, -0.2) is 0 Å². The second-order valence-electron chi connectivity index (χ2n) is 8.09. The molecular formula is C25H23N3O3S. The number of thiophene rings is 1. The van der Waals surface area contributed by atoms with Crippen LogP contribution in [0.2, 0.25) is 0 Å². The van der Waals surface area contributed by atoms with Gasteiger partial charge in [0.25, 0.3) is 5.91 Å². The monoisotopic (exact) mass is 445 g/mol. The molecule has 1 aliphatic carbocycles. The van der Waals surface area contributed by atoms with Gasteiger partial charge >= 0.3 is 0 Å². The van der Waals surface area contributed by atoms with Gasteiger partial charge in [-0.1, -0.05) is 17.7 Å². The second-order valence-corrected chi connectivity index (χ2v) is 9.20. The summed E-state index contributed by atoms with van der Waals surface area (Å²) in [5, 5.41) is 7.56. The van der Waals surface area contributed by atoms with Gasteiger partial charge in [0.2, 0.25) is 5.91 Å². The van der Waals surface area contributed by atoms with E-state index in [1.165, 1.54) is 16.2 Å². The molecule has 32 heavy (non-hydrogen) atoms. The molecule has 1 aliphatic rings. The minimum Gasteiger partial charge on any atom is -0.464 e. The van der Waals surface area contributed by atoms with Crippen LogP contribution in [0.5, 0.6) is 0 Å². The van der Waals surface area contributed by atoms with E-state index in [9.17, 15) is 9.59 Å². The van der Waals surface area contributed by atoms with E-state index in [2.05, 4.69) is 15.6 Å². The van der Waals surface area contributed by atoms with Crippen LogP contribution in [0.25, 0.3) is 11.0 Å². The van der Waals surface area contributed by atoms with Crippen LogP contribution < -0.4 is 10.6 Å². The Morgan fingerprint density at radius 3 is 2.97 bits per heavy atom. The lowest BCUT2D eigenvalue weighted by molar-refractivity contribution is -0.115. The summed E-state index contributed by atoms with van der Waals surface area (Å²) < 4.78 is 5.59. The molecule has 0 aliphatic heterocycles. The predicted molar refractivity (Wildman–Crippen MR) is 125 cm³/mol. The van der Waals surface area contributed by atoms with Gasteiger partial charge in [0.1, 0.15) is 10.6 Å². The van der Waals surface area contributed by atoms with Gasteiger partial charge in [-0.15, -0.1) is 11.3 Å². The molecule has 0 saturated heterocycles. The molecule has 3 aromatic heterocycles. The molecule has 0 atom stereocenters. The number of pyridine rings is 1. The summed E-state index contributed by atoms with van der Waals surface area (Å²) in [6, 6.07) is 9.69. The van der Waals surface area contributed by atoms with Gasteiger partial charge < -0.3 is 15.1 Å². The van der Waals surface area contributed by atoms with E-state index in [1.807, 2.05) is 37.3 Å². The van der Waals surface area contributed by atoms with Crippen LogP contribution in [0, 0.1) is 6.92 Å². The standard InChI is InChI=1S/C25H23N3O3S/c1-15-7-8-20-19(10-15)17(14-31-20)11-22(29)28-25-23(18-5-2-6-21(18)32-25)24(30)27-13-16-4-3-9-26-12-16/h3-4,7-10,12,14H,2,5-6,11,13H2,1H3,(H,27,30)(H,28,29). The lowest BCUT2D eigenvalue weighted by atomic mass is 10.1. The largest absolute Gasteiger partial charge is 0.464 e. The predicted octanol–water partition coefficient (Wildman–Crippen LogP) is 4.80. The third-order valence-electron chi connectivity index (χ3n) is 5.74. The topological polar surface area (TPSA) is 84.2 Å². The Balaban J connectivity index is 1.35. The first-order valence-electron chi connectivity index (χ1n) is 10.7. The molecular weight excluding hydrogens is 422 g/mol. The quantitative estimate of drug-likeness (QED) is 0.447. The van der Waals surface area contributed by atoms with Crippen LogP contribution in [-0.4, -0.2) is 16.8 Å². The van der Waals surface area contributed by atoms with E-state index in [0.717, 1.165) is 52.5 Å². The number of hydrogen-bond donors (Lipinski definition) is 2. The van der Waals surface area contributed by atoms with Gasteiger partial charge in [0.15, 0.2) is 0 Å². The fourth-order valence-corrected chi connectivity index (χ4v) is 5.49. The Kier molecular flexibility index (Phi) is 5.49. The smallest absolute Gasteiger partial charge is 0.254 e. The van der Waals surface area contributed by atoms with Crippen molar-refractivity contribution in [2.45, 2.75) is 39.2 Å². The number of furan rings is 1. The van der Waals surface area contributed by atoms with Crippen molar-refractivity contribution in [2.24, 2.45) is 0 Å². The fraction of sp³-hybridized carbons (Fsp3) is 0.240. The van der Waals surface area contributed by atoms with E-state index < -0.39 is 0 Å². The first-order valence-corrected chi connectivity index (χ1v) is 11.5. The maximum atomic E-state index is 13.1. The highest BCUT2D eigenvalue weighted by Crippen LogP contribution is 2.39. The van der Waals surface area contributed by atoms with Gasteiger partial charge in [0, 0.05) is 34.8 Å². The third kappa shape index (κ3) is 4.03. The lowest BCUT2D eigenvalue weighted by Crippen LogP contribution is -2.25. The number of fused-ring (bicyclic) bond motifs is 2. The van der Waals surface area contributed by atoms with Crippen LogP contribution in [0.1, 0.15) is 43.9 Å². The Morgan fingerprint density at radius 1 is 1.22 bits per heavy atom. The van der Waals surface area contributed by atoms with Gasteiger partial charge in [0.05, 0.1) is 18.2 Å². The molecule has 0 saturated carbocycles. The van der Waals surface area contributed by atoms with Crippen molar-refractivity contribution >= 4 is 39.1 Å². The van der Waals surface area contributed by atoms with Crippen molar-refractivity contribution in [3.8, 4) is 0 Å². The molecule has 162 valence electrons. The van der Waals surface area contributed by atoms with Crippen LogP contribution >= 0.6 is 11.3 Å². The molecule has 0 fully saturated rings. The highest BCUT2D eigenvalue weighted by atomic mass is 32.1. The van der Waals surface area contributed by atoms with E-state index >= 15 is 0 Å². The van der Waals surface area contributed by atoms with Crippen molar-refractivity contribution in [3.05, 3.63) is 81.7 Å². The van der Waals surface area contributed by atoms with Crippen molar-refractivity contribution in [1.82, 2.24) is 10.3 Å². The SMILES string of the molecule is Cc1ccc2occ(CC(=O)Nc3sc4c(c3C(=O)NCc3cccnc3)CCC4)c2c1. The van der Waals surface area contributed by atoms with Crippen molar-refractivity contribution in [2.75, 3.05) is 5.32 Å². The number of benzene rings is 1. The number of aryl methyl sites for hydroxylation is 2. The fourth-order valence-electron chi connectivity index (χ4n) is 4.18. The Labute approximate surface area is 189 Å². The number of nitrogens with one attached hydrogen (secondary N) is 2. The van der Waals surface area contributed by atoms with Crippen molar-refractivity contribution < 1.29 is 14.0 Å². The molecule has 2 N–H and O–H groups in total. The first-order chi connectivity index (χ1) is 15.6. The molecule has 7 heteroatoms. The Bertz CT molecular complexity index is 1310. The summed E-state index contributed by atoms with van der Waals surface area (Å²) >= 11 is 1.52. The van der Waals surface area contributed by atoms with Crippen LogP contribution in [-0.2, 0) is 30.6 Å². The molecule has 1 aromatic carbocycles. The number of nitrogens with zero attached hydrogens (tertiary/aromatic N) is 1. The van der Waals surface area contributed by atoms with Gasteiger partial charge in [-0.05, 0) is 55.5 Å². The van der Waals surface area contributed by atoms with Gasteiger partial charge in [-0.3, -0.25) is 14.6 Å². The summed E-state index contributed by atoms with van der Waals surface area (Å²) in [5.74, 6) is -0.316. The number of amides is 2. The maximum Gasteiger partial charge on any atom is 0.254 e. The van der Waals surface area contributed by atoms with Crippen LogP contribution in [0.15, 0.2) is 53.4 Å². The van der Waals surface area contributed by atoms with E-state index in [0.29, 0.717) is 17.1 Å². The lowest BCUT2D eigenvalue weighted by Gasteiger charge is -2.09. The average molecular weight is 446 g/mol. The highest BCUT2D eigenvalue weighted by Gasteiger charge is 2.27. The Hall–Kier alpha value is -3.45. The second kappa shape index (κ2) is 8.59. The maximum absolute atomic E-state index is 13.1. The zero-order valence-electron chi connectivity index (χ0n) is 17.7. The normalized spacial score (nSPS) is 12.7. The van der Waals surface area contributed by atoms with E-state index in [1.54, 1.807) is 18.7 Å². The number of anilines is 1. The number of aromatic nitrogens is 1. The minimum absolute atomic E-state index is 0.157. The molecule has 5 rings (SSSR count).